The van der Waals surface area contributed by atoms with Crippen LogP contribution in [0.25, 0.3) is 0 Å². The van der Waals surface area contributed by atoms with E-state index in [2.05, 4.69) is 5.32 Å². The lowest BCUT2D eigenvalue weighted by Gasteiger charge is -2.33. The summed E-state index contributed by atoms with van der Waals surface area (Å²) in [5, 5.41) is 2.83. The predicted octanol–water partition coefficient (Wildman–Crippen LogP) is 4.28. The molecule has 8 nitrogen and oxygen atoms in total. The summed E-state index contributed by atoms with van der Waals surface area (Å²) in [6.07, 6.45) is -0.618. The molecule has 36 heavy (non-hydrogen) atoms. The van der Waals surface area contributed by atoms with Gasteiger partial charge in [0.1, 0.15) is 5.75 Å². The summed E-state index contributed by atoms with van der Waals surface area (Å²) in [5.41, 5.74) is 2.34. The molecule has 188 valence electrons. The third-order valence-corrected chi connectivity index (χ3v) is 8.13. The summed E-state index contributed by atoms with van der Waals surface area (Å²) in [5.74, 6) is -0.00501. The number of ether oxygens (including phenoxy) is 1. The van der Waals surface area contributed by atoms with Crippen molar-refractivity contribution in [3.8, 4) is 5.75 Å². The van der Waals surface area contributed by atoms with Crippen molar-refractivity contribution in [1.82, 2.24) is 4.31 Å². The summed E-state index contributed by atoms with van der Waals surface area (Å²) in [4.78, 5) is 27.6. The molecule has 0 bridgehead atoms. The minimum atomic E-state index is -3.60. The van der Waals surface area contributed by atoms with Crippen molar-refractivity contribution < 1.29 is 22.7 Å². The highest BCUT2D eigenvalue weighted by atomic mass is 32.2. The van der Waals surface area contributed by atoms with E-state index < -0.39 is 22.0 Å². The third kappa shape index (κ3) is 5.12. The molecule has 1 unspecified atom stereocenters. The summed E-state index contributed by atoms with van der Waals surface area (Å²) < 4.78 is 32.5. The van der Waals surface area contributed by atoms with E-state index in [0.29, 0.717) is 42.3 Å². The van der Waals surface area contributed by atoms with Crippen LogP contribution < -0.4 is 15.0 Å². The second-order valence-corrected chi connectivity index (χ2v) is 10.4. The van der Waals surface area contributed by atoms with E-state index in [-0.39, 0.29) is 10.8 Å². The van der Waals surface area contributed by atoms with Gasteiger partial charge in [0.15, 0.2) is 6.10 Å². The van der Waals surface area contributed by atoms with Gasteiger partial charge in [-0.2, -0.15) is 4.31 Å². The maximum atomic E-state index is 12.9. The second kappa shape index (κ2) is 10.5. The van der Waals surface area contributed by atoms with Crippen LogP contribution in [0.2, 0.25) is 0 Å². The van der Waals surface area contributed by atoms with Crippen molar-refractivity contribution in [1.29, 1.82) is 0 Å². The highest BCUT2D eigenvalue weighted by Gasteiger charge is 2.32. The molecule has 1 N–H and O–H groups in total. The first-order chi connectivity index (χ1) is 17.2. The normalized spacial score (nSPS) is 15.4. The minimum Gasteiger partial charge on any atom is -0.479 e. The van der Waals surface area contributed by atoms with Crippen LogP contribution in [0, 0.1) is 0 Å². The van der Waals surface area contributed by atoms with Crippen LogP contribution in [0.3, 0.4) is 0 Å². The van der Waals surface area contributed by atoms with Gasteiger partial charge in [0.25, 0.3) is 11.8 Å². The molecule has 0 aliphatic carbocycles. The van der Waals surface area contributed by atoms with Crippen LogP contribution in [0.15, 0.2) is 77.7 Å². The zero-order valence-electron chi connectivity index (χ0n) is 20.5. The van der Waals surface area contributed by atoms with Gasteiger partial charge in [0, 0.05) is 24.3 Å². The molecule has 1 aliphatic rings. The first-order valence-corrected chi connectivity index (χ1v) is 13.3. The van der Waals surface area contributed by atoms with Gasteiger partial charge in [-0.25, -0.2) is 8.42 Å². The molecule has 4 rings (SSSR count). The molecule has 1 atom stereocenters. The second-order valence-electron chi connectivity index (χ2n) is 8.42. The number of nitrogens with zero attached hydrogens (tertiary/aromatic N) is 2. The van der Waals surface area contributed by atoms with E-state index in [1.807, 2.05) is 30.3 Å². The Hall–Kier alpha value is -3.69. The Morgan fingerprint density at radius 1 is 1.00 bits per heavy atom. The van der Waals surface area contributed by atoms with Crippen LogP contribution in [0.1, 0.15) is 36.7 Å². The van der Waals surface area contributed by atoms with Crippen molar-refractivity contribution in [2.45, 2.75) is 38.3 Å². The zero-order valence-corrected chi connectivity index (χ0v) is 21.3. The van der Waals surface area contributed by atoms with Gasteiger partial charge in [-0.15, -0.1) is 0 Å². The smallest absolute Gasteiger partial charge is 0.268 e. The lowest BCUT2D eigenvalue weighted by atomic mass is 10.1. The highest BCUT2D eigenvalue weighted by Crippen LogP contribution is 2.37. The Morgan fingerprint density at radius 3 is 2.31 bits per heavy atom. The van der Waals surface area contributed by atoms with Gasteiger partial charge in [-0.05, 0) is 55.0 Å². The number of rotatable bonds is 8. The average molecular weight is 508 g/mol. The maximum absolute atomic E-state index is 12.9. The minimum absolute atomic E-state index is 0.137. The van der Waals surface area contributed by atoms with Crippen molar-refractivity contribution in [3.05, 3.63) is 83.9 Å². The molecule has 1 aliphatic heterocycles. The lowest BCUT2D eigenvalue weighted by molar-refractivity contribution is -0.125. The number of amides is 2. The Labute approximate surface area is 211 Å². The third-order valence-electron chi connectivity index (χ3n) is 6.07. The van der Waals surface area contributed by atoms with Gasteiger partial charge in [-0.1, -0.05) is 44.2 Å². The molecule has 0 fully saturated rings. The first kappa shape index (κ1) is 25.4. The molecular weight excluding hydrogens is 478 g/mol. The van der Waals surface area contributed by atoms with Gasteiger partial charge < -0.3 is 15.0 Å². The molecule has 3 aromatic carbocycles. The number of carbonyl (C=O) groups excluding carboxylic acids is 2. The Kier molecular flexibility index (Phi) is 7.42. The van der Waals surface area contributed by atoms with Gasteiger partial charge in [0.2, 0.25) is 10.0 Å². The van der Waals surface area contributed by atoms with E-state index in [1.165, 1.54) is 28.6 Å². The van der Waals surface area contributed by atoms with Crippen LogP contribution in [-0.4, -0.2) is 43.7 Å². The van der Waals surface area contributed by atoms with E-state index in [9.17, 15) is 18.0 Å². The van der Waals surface area contributed by atoms with Crippen molar-refractivity contribution in [2.75, 3.05) is 23.3 Å². The molecule has 0 saturated heterocycles. The molecule has 0 spiro atoms. The van der Waals surface area contributed by atoms with E-state index >= 15 is 0 Å². The largest absolute Gasteiger partial charge is 0.479 e. The predicted molar refractivity (Wildman–Crippen MR) is 139 cm³/mol. The number of hydrogen-bond donors (Lipinski definition) is 1. The highest BCUT2D eigenvalue weighted by molar-refractivity contribution is 7.89. The molecule has 0 saturated carbocycles. The monoisotopic (exact) mass is 507 g/mol. The Balaban J connectivity index is 1.55. The number of benzene rings is 3. The number of nitrogens with one attached hydrogen (secondary N) is 1. The fourth-order valence-corrected chi connectivity index (χ4v) is 5.57. The molecule has 0 aromatic heterocycles. The Morgan fingerprint density at radius 2 is 1.67 bits per heavy atom. The van der Waals surface area contributed by atoms with Crippen molar-refractivity contribution >= 4 is 33.2 Å². The standard InChI is InChI=1S/C27H29N3O5S/c1-4-29(5-2)36(33,34)23-14-11-21(12-15-23)26(31)28-22-13-16-25-24(17-22)30(27(32)19(3)35-25)18-20-9-7-6-8-10-20/h6-17,19H,4-5,18H2,1-3H3,(H,28,31). The molecule has 3 aromatic rings. The number of hydrogen-bond acceptors (Lipinski definition) is 5. The molecule has 1 heterocycles. The number of sulfonamides is 1. The quantitative estimate of drug-likeness (QED) is 0.491. The van der Waals surface area contributed by atoms with E-state index in [4.69, 9.17) is 4.74 Å². The molecular formula is C27H29N3O5S. The van der Waals surface area contributed by atoms with Crippen molar-refractivity contribution in [3.63, 3.8) is 0 Å². The lowest BCUT2D eigenvalue weighted by Crippen LogP contribution is -2.44. The van der Waals surface area contributed by atoms with Gasteiger partial charge >= 0.3 is 0 Å². The average Bonchev–Trinajstić information content (AvgIpc) is 2.88. The van der Waals surface area contributed by atoms with Gasteiger partial charge in [-0.3, -0.25) is 9.59 Å². The summed E-state index contributed by atoms with van der Waals surface area (Å²) in [6.45, 7) is 6.38. The topological polar surface area (TPSA) is 96.0 Å². The number of fused-ring (bicyclic) bond motifs is 1. The number of carbonyl (C=O) groups is 2. The molecule has 0 radical (unpaired) electrons. The van der Waals surface area contributed by atoms with E-state index in [1.54, 1.807) is 43.9 Å². The number of anilines is 2. The van der Waals surface area contributed by atoms with Crippen LogP contribution in [-0.2, 0) is 21.4 Å². The van der Waals surface area contributed by atoms with Crippen molar-refractivity contribution in [2.24, 2.45) is 0 Å². The molecule has 2 amide bonds. The fourth-order valence-electron chi connectivity index (χ4n) is 4.11. The van der Waals surface area contributed by atoms with Gasteiger partial charge in [0.05, 0.1) is 17.1 Å². The van der Waals surface area contributed by atoms with Crippen LogP contribution in [0.4, 0.5) is 11.4 Å². The SMILES string of the molecule is CCN(CC)S(=O)(=O)c1ccc(C(=O)Nc2ccc3c(c2)N(Cc2ccccc2)C(=O)C(C)O3)cc1. The first-order valence-electron chi connectivity index (χ1n) is 11.8. The summed E-state index contributed by atoms with van der Waals surface area (Å²) in [6, 6.07) is 20.6. The maximum Gasteiger partial charge on any atom is 0.268 e. The Bertz CT molecular complexity index is 1350. The molecule has 9 heteroatoms. The summed E-state index contributed by atoms with van der Waals surface area (Å²) in [7, 11) is -3.60. The fraction of sp³-hybridized carbons (Fsp3) is 0.259. The van der Waals surface area contributed by atoms with Crippen LogP contribution >= 0.6 is 0 Å². The zero-order chi connectivity index (χ0) is 25.9. The summed E-state index contributed by atoms with van der Waals surface area (Å²) >= 11 is 0. The van der Waals surface area contributed by atoms with E-state index in [0.717, 1.165) is 5.56 Å². The van der Waals surface area contributed by atoms with Crippen LogP contribution in [0.5, 0.6) is 5.75 Å².